The number of allylic oxidation sites excluding steroid dienone is 3. The van der Waals surface area contributed by atoms with Crippen molar-refractivity contribution in [1.82, 2.24) is 4.90 Å². The van der Waals surface area contributed by atoms with E-state index in [1.807, 2.05) is 61.5 Å². The van der Waals surface area contributed by atoms with Crippen LogP contribution in [0.1, 0.15) is 23.1 Å². The summed E-state index contributed by atoms with van der Waals surface area (Å²) in [5.74, 6) is 0.204. The molecule has 0 unspecified atom stereocenters. The van der Waals surface area contributed by atoms with Crippen LogP contribution in [0.15, 0.2) is 58.6 Å². The van der Waals surface area contributed by atoms with Crippen LogP contribution in [0.5, 0.6) is 0 Å². The van der Waals surface area contributed by atoms with Gasteiger partial charge in [-0.3, -0.25) is 4.79 Å². The lowest BCUT2D eigenvalue weighted by molar-refractivity contribution is -0.114. The molecule has 0 spiro atoms. The van der Waals surface area contributed by atoms with Crippen LogP contribution in [0.3, 0.4) is 0 Å². The van der Waals surface area contributed by atoms with E-state index in [0.29, 0.717) is 6.42 Å². The number of hydrogen-bond acceptors (Lipinski definition) is 2. The summed E-state index contributed by atoms with van der Waals surface area (Å²) < 4.78 is 1.04. The number of carbonyl (C=O) groups is 1. The largest absolute Gasteiger partial charge is 0.309 e. The van der Waals surface area contributed by atoms with Gasteiger partial charge in [-0.15, -0.1) is 0 Å². The van der Waals surface area contributed by atoms with E-state index in [0.717, 1.165) is 44.7 Å². The van der Waals surface area contributed by atoms with Crippen molar-refractivity contribution in [3.05, 3.63) is 80.3 Å². The second kappa shape index (κ2) is 8.34. The Bertz CT molecular complexity index is 882. The monoisotopic (exact) mass is 429 g/mol. The first-order valence-electron chi connectivity index (χ1n) is 8.57. The molecule has 0 saturated carbocycles. The number of benzene rings is 2. The fourth-order valence-electron chi connectivity index (χ4n) is 3.11. The molecule has 1 aliphatic rings. The van der Waals surface area contributed by atoms with Gasteiger partial charge in [0.1, 0.15) is 0 Å². The van der Waals surface area contributed by atoms with Gasteiger partial charge < -0.3 is 4.90 Å². The van der Waals surface area contributed by atoms with Crippen molar-refractivity contribution in [2.24, 2.45) is 0 Å². The molecular weight excluding hydrogens is 410 g/mol. The standard InChI is InChI=1S/C22H21BrClNO/c1-25(2)12-11-21(26)22-16(6-3-15-4-8-19(24)9-5-15)13-17-14-18(23)7-10-20(17)22/h3-10,14H,11-13H2,1-2H3/b6-3+. The summed E-state index contributed by atoms with van der Waals surface area (Å²) in [6.07, 6.45) is 5.42. The van der Waals surface area contributed by atoms with Gasteiger partial charge in [0.05, 0.1) is 0 Å². The van der Waals surface area contributed by atoms with Gasteiger partial charge in [0.15, 0.2) is 5.78 Å². The van der Waals surface area contributed by atoms with Crippen molar-refractivity contribution >= 4 is 45.0 Å². The first-order valence-corrected chi connectivity index (χ1v) is 9.74. The predicted molar refractivity (Wildman–Crippen MR) is 113 cm³/mol. The number of carbonyl (C=O) groups excluding carboxylic acids is 1. The minimum Gasteiger partial charge on any atom is -0.309 e. The van der Waals surface area contributed by atoms with Crippen LogP contribution in [0.25, 0.3) is 11.6 Å². The molecule has 0 saturated heterocycles. The number of ketones is 1. The van der Waals surface area contributed by atoms with Gasteiger partial charge in [-0.25, -0.2) is 0 Å². The van der Waals surface area contributed by atoms with Gasteiger partial charge in [-0.05, 0) is 67.0 Å². The molecule has 0 bridgehead atoms. The molecule has 26 heavy (non-hydrogen) atoms. The SMILES string of the molecule is CN(C)CCC(=O)C1=C(/C=C/c2ccc(Cl)cc2)Cc2cc(Br)ccc21. The Morgan fingerprint density at radius 1 is 1.15 bits per heavy atom. The van der Waals surface area contributed by atoms with Crippen LogP contribution in [-0.2, 0) is 11.2 Å². The summed E-state index contributed by atoms with van der Waals surface area (Å²) in [6, 6.07) is 13.9. The molecule has 0 N–H and O–H groups in total. The quantitative estimate of drug-likeness (QED) is 0.590. The second-order valence-electron chi connectivity index (χ2n) is 6.74. The minimum atomic E-state index is 0.204. The normalized spacial score (nSPS) is 13.7. The number of halogens is 2. The lowest BCUT2D eigenvalue weighted by Gasteiger charge is -2.10. The molecule has 3 rings (SSSR count). The van der Waals surface area contributed by atoms with Crippen molar-refractivity contribution in [1.29, 1.82) is 0 Å². The molecule has 0 aromatic heterocycles. The van der Waals surface area contributed by atoms with E-state index in [1.54, 1.807) is 0 Å². The van der Waals surface area contributed by atoms with Gasteiger partial charge in [0.25, 0.3) is 0 Å². The minimum absolute atomic E-state index is 0.204. The molecule has 2 nitrogen and oxygen atoms in total. The van der Waals surface area contributed by atoms with Gasteiger partial charge in [0.2, 0.25) is 0 Å². The Balaban J connectivity index is 1.93. The maximum absolute atomic E-state index is 12.9. The molecule has 0 amide bonds. The maximum Gasteiger partial charge on any atom is 0.165 e. The molecule has 0 heterocycles. The van der Waals surface area contributed by atoms with Crippen molar-refractivity contribution in [2.75, 3.05) is 20.6 Å². The highest BCUT2D eigenvalue weighted by molar-refractivity contribution is 9.10. The van der Waals surface area contributed by atoms with E-state index in [4.69, 9.17) is 11.6 Å². The molecule has 0 fully saturated rings. The third-order valence-electron chi connectivity index (χ3n) is 4.45. The lowest BCUT2D eigenvalue weighted by Crippen LogP contribution is -2.17. The molecule has 2 aromatic rings. The maximum atomic E-state index is 12.9. The first kappa shape index (κ1) is 19.1. The van der Waals surface area contributed by atoms with Crippen molar-refractivity contribution in [3.8, 4) is 0 Å². The van der Waals surface area contributed by atoms with Gasteiger partial charge in [0, 0.05) is 28.0 Å². The Morgan fingerprint density at radius 3 is 2.58 bits per heavy atom. The van der Waals surface area contributed by atoms with Gasteiger partial charge >= 0.3 is 0 Å². The fraction of sp³-hybridized carbons (Fsp3) is 0.227. The van der Waals surface area contributed by atoms with E-state index in [-0.39, 0.29) is 5.78 Å². The Hall–Kier alpha value is -1.68. The molecule has 2 aromatic carbocycles. The number of fused-ring (bicyclic) bond motifs is 1. The molecule has 1 aliphatic carbocycles. The van der Waals surface area contributed by atoms with E-state index >= 15 is 0 Å². The molecule has 134 valence electrons. The number of Topliss-reactive ketones (excluding diaryl/α,β-unsaturated/α-hetero) is 1. The Labute approximate surface area is 168 Å². The molecule has 4 heteroatoms. The summed E-state index contributed by atoms with van der Waals surface area (Å²) >= 11 is 9.49. The smallest absolute Gasteiger partial charge is 0.165 e. The van der Waals surface area contributed by atoms with Gasteiger partial charge in [-0.2, -0.15) is 0 Å². The summed E-state index contributed by atoms with van der Waals surface area (Å²) in [5, 5.41) is 0.721. The van der Waals surface area contributed by atoms with Crippen LogP contribution < -0.4 is 0 Å². The third-order valence-corrected chi connectivity index (χ3v) is 5.20. The lowest BCUT2D eigenvalue weighted by atomic mass is 9.99. The number of nitrogens with zero attached hydrogens (tertiary/aromatic N) is 1. The van der Waals surface area contributed by atoms with E-state index in [9.17, 15) is 4.79 Å². The van der Waals surface area contributed by atoms with E-state index in [2.05, 4.69) is 28.1 Å². The highest BCUT2D eigenvalue weighted by Crippen LogP contribution is 2.36. The van der Waals surface area contributed by atoms with Gasteiger partial charge in [-0.1, -0.05) is 57.9 Å². The van der Waals surface area contributed by atoms with Crippen molar-refractivity contribution in [3.63, 3.8) is 0 Å². The zero-order chi connectivity index (χ0) is 18.7. The molecule has 0 atom stereocenters. The zero-order valence-corrected chi connectivity index (χ0v) is 17.3. The molecule has 0 radical (unpaired) electrons. The Morgan fingerprint density at radius 2 is 1.88 bits per heavy atom. The highest BCUT2D eigenvalue weighted by atomic mass is 79.9. The average molecular weight is 431 g/mol. The third kappa shape index (κ3) is 4.53. The Kier molecular flexibility index (Phi) is 6.13. The summed E-state index contributed by atoms with van der Waals surface area (Å²) in [5.41, 5.74) is 5.27. The topological polar surface area (TPSA) is 20.3 Å². The summed E-state index contributed by atoms with van der Waals surface area (Å²) in [7, 11) is 3.98. The van der Waals surface area contributed by atoms with Crippen LogP contribution in [-0.4, -0.2) is 31.3 Å². The van der Waals surface area contributed by atoms with Crippen molar-refractivity contribution < 1.29 is 4.79 Å². The van der Waals surface area contributed by atoms with E-state index < -0.39 is 0 Å². The van der Waals surface area contributed by atoms with Crippen LogP contribution in [0, 0.1) is 0 Å². The first-order chi connectivity index (χ1) is 12.4. The molecule has 0 aliphatic heterocycles. The van der Waals surface area contributed by atoms with Crippen LogP contribution in [0.4, 0.5) is 0 Å². The fourth-order valence-corrected chi connectivity index (χ4v) is 3.65. The summed E-state index contributed by atoms with van der Waals surface area (Å²) in [4.78, 5) is 15.0. The molecular formula is C22H21BrClNO. The number of rotatable bonds is 6. The van der Waals surface area contributed by atoms with Crippen molar-refractivity contribution in [2.45, 2.75) is 12.8 Å². The van der Waals surface area contributed by atoms with E-state index in [1.165, 1.54) is 5.56 Å². The summed E-state index contributed by atoms with van der Waals surface area (Å²) in [6.45, 7) is 0.752. The average Bonchev–Trinajstić information content (AvgIpc) is 2.96. The zero-order valence-electron chi connectivity index (χ0n) is 14.9. The second-order valence-corrected chi connectivity index (χ2v) is 8.09. The van der Waals surface area contributed by atoms with Crippen LogP contribution >= 0.6 is 27.5 Å². The predicted octanol–water partition coefficient (Wildman–Crippen LogP) is 5.65. The highest BCUT2D eigenvalue weighted by Gasteiger charge is 2.25. The number of hydrogen-bond donors (Lipinski definition) is 0. The van der Waals surface area contributed by atoms with Crippen LogP contribution in [0.2, 0.25) is 5.02 Å².